The molecule has 0 saturated carbocycles. The van der Waals surface area contributed by atoms with Gasteiger partial charge in [0.2, 0.25) is 11.8 Å². The number of likely N-dealkylation sites (N-methyl/N-ethyl adjacent to an activating group) is 1. The predicted molar refractivity (Wildman–Crippen MR) is 102 cm³/mol. The number of nitrogens with zero attached hydrogens (tertiary/aromatic N) is 1. The second-order valence-corrected chi connectivity index (χ2v) is 6.21. The minimum atomic E-state index is -0.685. The van der Waals surface area contributed by atoms with Crippen molar-refractivity contribution >= 4 is 11.8 Å². The van der Waals surface area contributed by atoms with E-state index in [0.29, 0.717) is 17.9 Å². The largest absolute Gasteiger partial charge is 0.497 e. The van der Waals surface area contributed by atoms with Crippen LogP contribution in [0.25, 0.3) is 0 Å². The van der Waals surface area contributed by atoms with Gasteiger partial charge in [-0.15, -0.1) is 0 Å². The van der Waals surface area contributed by atoms with Crippen molar-refractivity contribution in [1.82, 2.24) is 10.2 Å². The first-order valence-corrected chi connectivity index (χ1v) is 8.89. The monoisotopic (exact) mass is 372 g/mol. The van der Waals surface area contributed by atoms with Crippen LogP contribution in [-0.4, -0.2) is 36.4 Å². The van der Waals surface area contributed by atoms with Crippen LogP contribution in [0.4, 0.5) is 4.39 Å². The molecule has 1 N–H and O–H groups in total. The van der Waals surface area contributed by atoms with E-state index in [2.05, 4.69) is 5.32 Å². The van der Waals surface area contributed by atoms with Gasteiger partial charge in [0, 0.05) is 13.1 Å². The van der Waals surface area contributed by atoms with Crippen LogP contribution in [0, 0.1) is 5.82 Å². The molecule has 0 aliphatic rings. The Morgan fingerprint density at radius 2 is 1.93 bits per heavy atom. The maximum absolute atomic E-state index is 14.0. The topological polar surface area (TPSA) is 58.6 Å². The Labute approximate surface area is 159 Å². The molecular formula is C21H25FN2O3. The Hall–Kier alpha value is -2.89. The molecule has 0 fully saturated rings. The highest BCUT2D eigenvalue weighted by molar-refractivity contribution is 5.88. The van der Waals surface area contributed by atoms with Crippen LogP contribution < -0.4 is 10.1 Å². The molecule has 0 aliphatic carbocycles. The van der Waals surface area contributed by atoms with Gasteiger partial charge < -0.3 is 15.0 Å². The molecule has 144 valence electrons. The Morgan fingerprint density at radius 3 is 2.59 bits per heavy atom. The molecule has 2 amide bonds. The first-order chi connectivity index (χ1) is 13.0. The Balaban J connectivity index is 2.26. The minimum absolute atomic E-state index is 0.111. The Kier molecular flexibility index (Phi) is 7.34. The fourth-order valence-corrected chi connectivity index (χ4v) is 2.78. The summed E-state index contributed by atoms with van der Waals surface area (Å²) in [6.07, 6.45) is -0.111. The summed E-state index contributed by atoms with van der Waals surface area (Å²) in [5, 5.41) is 2.73. The average molecular weight is 372 g/mol. The Bertz CT molecular complexity index is 795. The molecule has 1 atom stereocenters. The first-order valence-electron chi connectivity index (χ1n) is 8.89. The maximum atomic E-state index is 14.0. The molecule has 0 bridgehead atoms. The first kappa shape index (κ1) is 20.4. The lowest BCUT2D eigenvalue weighted by molar-refractivity contribution is -0.140. The van der Waals surface area contributed by atoms with Crippen LogP contribution in [0.5, 0.6) is 5.75 Å². The van der Waals surface area contributed by atoms with Gasteiger partial charge >= 0.3 is 0 Å². The molecule has 2 aromatic rings. The van der Waals surface area contributed by atoms with Crippen LogP contribution in [0.15, 0.2) is 48.5 Å². The summed E-state index contributed by atoms with van der Waals surface area (Å²) in [7, 11) is 1.57. The number of hydrogen-bond donors (Lipinski definition) is 1. The van der Waals surface area contributed by atoms with E-state index in [4.69, 9.17) is 4.74 Å². The van der Waals surface area contributed by atoms with Gasteiger partial charge in [-0.25, -0.2) is 4.39 Å². The minimum Gasteiger partial charge on any atom is -0.497 e. The Morgan fingerprint density at radius 1 is 1.19 bits per heavy atom. The molecule has 0 aromatic heterocycles. The van der Waals surface area contributed by atoms with E-state index in [1.165, 1.54) is 11.0 Å². The molecule has 6 heteroatoms. The van der Waals surface area contributed by atoms with Crippen molar-refractivity contribution in [3.8, 4) is 5.75 Å². The molecule has 0 heterocycles. The smallest absolute Gasteiger partial charge is 0.242 e. The normalized spacial score (nSPS) is 11.6. The molecule has 0 radical (unpaired) electrons. The van der Waals surface area contributed by atoms with Crippen molar-refractivity contribution < 1.29 is 18.7 Å². The summed E-state index contributed by atoms with van der Waals surface area (Å²) in [6.45, 7) is 4.18. The highest BCUT2D eigenvalue weighted by atomic mass is 19.1. The van der Waals surface area contributed by atoms with Gasteiger partial charge in [-0.05, 0) is 43.2 Å². The lowest BCUT2D eigenvalue weighted by Crippen LogP contribution is -2.48. The van der Waals surface area contributed by atoms with E-state index in [1.807, 2.05) is 31.2 Å². The highest BCUT2D eigenvalue weighted by Crippen LogP contribution is 2.17. The van der Waals surface area contributed by atoms with E-state index >= 15 is 0 Å². The molecule has 5 nitrogen and oxygen atoms in total. The van der Waals surface area contributed by atoms with Crippen LogP contribution in [0.1, 0.15) is 25.0 Å². The number of carbonyl (C=O) groups excluding carboxylic acids is 2. The van der Waals surface area contributed by atoms with Gasteiger partial charge in [-0.3, -0.25) is 9.59 Å². The van der Waals surface area contributed by atoms with E-state index in [9.17, 15) is 14.0 Å². The third-order valence-electron chi connectivity index (χ3n) is 4.30. The van der Waals surface area contributed by atoms with Gasteiger partial charge in [-0.1, -0.05) is 30.3 Å². The number of halogens is 1. The molecule has 2 aromatic carbocycles. The summed E-state index contributed by atoms with van der Waals surface area (Å²) in [5.41, 5.74) is 1.13. The van der Waals surface area contributed by atoms with Crippen molar-refractivity contribution in [2.24, 2.45) is 0 Å². The molecule has 0 saturated heterocycles. The lowest BCUT2D eigenvalue weighted by atomic mass is 10.1. The average Bonchev–Trinajstić information content (AvgIpc) is 2.67. The van der Waals surface area contributed by atoms with E-state index in [-0.39, 0.29) is 24.8 Å². The third-order valence-corrected chi connectivity index (χ3v) is 4.30. The summed E-state index contributed by atoms with van der Waals surface area (Å²) in [6, 6.07) is 12.8. The zero-order valence-electron chi connectivity index (χ0n) is 15.9. The van der Waals surface area contributed by atoms with Gasteiger partial charge in [0.05, 0.1) is 13.5 Å². The van der Waals surface area contributed by atoms with Crippen molar-refractivity contribution in [3.05, 3.63) is 65.5 Å². The second-order valence-electron chi connectivity index (χ2n) is 6.21. The zero-order chi connectivity index (χ0) is 19.8. The number of rotatable bonds is 8. The van der Waals surface area contributed by atoms with Gasteiger partial charge in [0.25, 0.3) is 0 Å². The van der Waals surface area contributed by atoms with E-state index in [1.54, 1.807) is 32.2 Å². The van der Waals surface area contributed by atoms with E-state index in [0.717, 1.165) is 5.56 Å². The van der Waals surface area contributed by atoms with Gasteiger partial charge in [0.15, 0.2) is 0 Å². The standard InChI is InChI=1S/C21H25FN2O3/c1-4-23-21(26)15(2)24(14-16-8-7-10-18(12-16)27-3)20(25)13-17-9-5-6-11-19(17)22/h5-12,15H,4,13-14H2,1-3H3,(H,23,26)/t15-/m1/s1. The fourth-order valence-electron chi connectivity index (χ4n) is 2.78. The van der Waals surface area contributed by atoms with Crippen molar-refractivity contribution in [2.75, 3.05) is 13.7 Å². The van der Waals surface area contributed by atoms with Crippen LogP contribution >= 0.6 is 0 Å². The lowest BCUT2D eigenvalue weighted by Gasteiger charge is -2.29. The molecule has 0 aliphatic heterocycles. The molecular weight excluding hydrogens is 347 g/mol. The summed E-state index contributed by atoms with van der Waals surface area (Å²) >= 11 is 0. The van der Waals surface area contributed by atoms with E-state index < -0.39 is 11.9 Å². The number of methoxy groups -OCH3 is 1. The number of ether oxygens (including phenoxy) is 1. The second kappa shape index (κ2) is 9.71. The molecule has 0 spiro atoms. The number of carbonyl (C=O) groups is 2. The quantitative estimate of drug-likeness (QED) is 0.775. The van der Waals surface area contributed by atoms with Gasteiger partial charge in [0.1, 0.15) is 17.6 Å². The summed E-state index contributed by atoms with van der Waals surface area (Å²) in [5.74, 6) is -0.332. The number of amides is 2. The van der Waals surface area contributed by atoms with Crippen molar-refractivity contribution in [1.29, 1.82) is 0 Å². The zero-order valence-corrected chi connectivity index (χ0v) is 15.9. The molecule has 0 unspecified atom stereocenters. The number of benzene rings is 2. The van der Waals surface area contributed by atoms with Crippen LogP contribution in [-0.2, 0) is 22.6 Å². The SMILES string of the molecule is CCNC(=O)[C@@H](C)N(Cc1cccc(OC)c1)C(=O)Cc1ccccc1F. The number of nitrogens with one attached hydrogen (secondary N) is 1. The van der Waals surface area contributed by atoms with Crippen molar-refractivity contribution in [3.63, 3.8) is 0 Å². The predicted octanol–water partition coefficient (Wildman–Crippen LogP) is 2.93. The molecule has 27 heavy (non-hydrogen) atoms. The van der Waals surface area contributed by atoms with Crippen molar-refractivity contribution in [2.45, 2.75) is 32.9 Å². The van der Waals surface area contributed by atoms with Crippen LogP contribution in [0.3, 0.4) is 0 Å². The number of hydrogen-bond acceptors (Lipinski definition) is 3. The van der Waals surface area contributed by atoms with Crippen LogP contribution in [0.2, 0.25) is 0 Å². The third kappa shape index (κ3) is 5.54. The fraction of sp³-hybridized carbons (Fsp3) is 0.333. The van der Waals surface area contributed by atoms with Gasteiger partial charge in [-0.2, -0.15) is 0 Å². The highest BCUT2D eigenvalue weighted by Gasteiger charge is 2.26. The maximum Gasteiger partial charge on any atom is 0.242 e. The molecule has 2 rings (SSSR count). The summed E-state index contributed by atoms with van der Waals surface area (Å²) < 4.78 is 19.2. The summed E-state index contributed by atoms with van der Waals surface area (Å²) in [4.78, 5) is 26.7.